The molecule has 0 spiro atoms. The lowest BCUT2D eigenvalue weighted by Gasteiger charge is -2.12. The van der Waals surface area contributed by atoms with Crippen molar-refractivity contribution in [2.45, 2.75) is 4.90 Å². The standard InChI is InChI=1S/C33H24Cl2N4O3S2/c34-23-14-15-26(27(35)17-23)29-19-44-33(38-29)39-30(40)20-43-25-13-7-12-24(18-25)36-32(42)28(16-21-8-3-1-4-9-21)37-31(41)22-10-5-2-6-11-22/h1-19H,20H2,(H,36,42)(H,37,41)(H,38,39,40)/b28-16-. The van der Waals surface area contributed by atoms with Crippen molar-refractivity contribution < 1.29 is 14.4 Å². The number of anilines is 2. The van der Waals surface area contributed by atoms with Crippen LogP contribution in [0.15, 0.2) is 119 Å². The summed E-state index contributed by atoms with van der Waals surface area (Å²) in [7, 11) is 0. The number of thiazole rings is 1. The van der Waals surface area contributed by atoms with Crippen LogP contribution in [0, 0.1) is 0 Å². The molecule has 0 unspecified atom stereocenters. The second-order valence-corrected chi connectivity index (χ2v) is 12.0. The van der Waals surface area contributed by atoms with Gasteiger partial charge in [-0.15, -0.1) is 23.1 Å². The van der Waals surface area contributed by atoms with Crippen LogP contribution in [0.4, 0.5) is 10.8 Å². The third kappa shape index (κ3) is 8.58. The third-order valence-electron chi connectivity index (χ3n) is 6.06. The number of halogens is 2. The second-order valence-electron chi connectivity index (χ2n) is 9.27. The molecule has 220 valence electrons. The molecular formula is C33H24Cl2N4O3S2. The summed E-state index contributed by atoms with van der Waals surface area (Å²) in [5.74, 6) is -0.996. The minimum Gasteiger partial charge on any atom is -0.321 e. The van der Waals surface area contributed by atoms with Crippen molar-refractivity contribution in [3.8, 4) is 11.3 Å². The molecule has 4 aromatic carbocycles. The summed E-state index contributed by atoms with van der Waals surface area (Å²) in [5, 5.41) is 11.7. The van der Waals surface area contributed by atoms with Gasteiger partial charge in [0.1, 0.15) is 5.70 Å². The molecule has 1 heterocycles. The largest absolute Gasteiger partial charge is 0.321 e. The van der Waals surface area contributed by atoms with Gasteiger partial charge < -0.3 is 16.0 Å². The normalized spacial score (nSPS) is 11.1. The molecule has 1 aromatic heterocycles. The van der Waals surface area contributed by atoms with E-state index in [2.05, 4.69) is 20.9 Å². The van der Waals surface area contributed by atoms with Crippen molar-refractivity contribution in [2.75, 3.05) is 16.4 Å². The van der Waals surface area contributed by atoms with Crippen molar-refractivity contribution in [1.82, 2.24) is 10.3 Å². The Kier molecular flexibility index (Phi) is 10.5. The Morgan fingerprint density at radius 3 is 2.34 bits per heavy atom. The highest BCUT2D eigenvalue weighted by atomic mass is 35.5. The zero-order valence-corrected chi connectivity index (χ0v) is 26.1. The monoisotopic (exact) mass is 658 g/mol. The smallest absolute Gasteiger partial charge is 0.272 e. The Morgan fingerprint density at radius 1 is 0.841 bits per heavy atom. The van der Waals surface area contributed by atoms with E-state index in [0.29, 0.717) is 32.1 Å². The molecule has 3 N–H and O–H groups in total. The zero-order valence-electron chi connectivity index (χ0n) is 22.9. The van der Waals surface area contributed by atoms with Gasteiger partial charge in [0.05, 0.1) is 16.5 Å². The fourth-order valence-corrected chi connectivity index (χ4v) is 5.96. The lowest BCUT2D eigenvalue weighted by Crippen LogP contribution is -2.30. The van der Waals surface area contributed by atoms with Crippen LogP contribution < -0.4 is 16.0 Å². The number of benzene rings is 4. The maximum Gasteiger partial charge on any atom is 0.272 e. The third-order valence-corrected chi connectivity index (χ3v) is 8.36. The highest BCUT2D eigenvalue weighted by molar-refractivity contribution is 8.00. The molecule has 0 saturated carbocycles. The summed E-state index contributed by atoms with van der Waals surface area (Å²) in [6.45, 7) is 0. The van der Waals surface area contributed by atoms with Gasteiger partial charge in [0.25, 0.3) is 11.8 Å². The van der Waals surface area contributed by atoms with Crippen LogP contribution in [0.2, 0.25) is 10.0 Å². The number of thioether (sulfide) groups is 1. The highest BCUT2D eigenvalue weighted by Gasteiger charge is 2.16. The lowest BCUT2D eigenvalue weighted by atomic mass is 10.1. The SMILES string of the molecule is O=C(CSc1cccc(NC(=O)/C(=C/c2ccccc2)NC(=O)c2ccccc2)c1)Nc1nc(-c2ccc(Cl)cc2Cl)cs1. The van der Waals surface area contributed by atoms with Crippen LogP contribution >= 0.6 is 46.3 Å². The summed E-state index contributed by atoms with van der Waals surface area (Å²) in [6, 6.07) is 30.2. The van der Waals surface area contributed by atoms with Gasteiger partial charge >= 0.3 is 0 Å². The summed E-state index contributed by atoms with van der Waals surface area (Å²) >= 11 is 14.9. The van der Waals surface area contributed by atoms with Gasteiger partial charge in [-0.25, -0.2) is 4.98 Å². The first-order valence-electron chi connectivity index (χ1n) is 13.2. The van der Waals surface area contributed by atoms with E-state index >= 15 is 0 Å². The predicted molar refractivity (Wildman–Crippen MR) is 180 cm³/mol. The van der Waals surface area contributed by atoms with E-state index in [1.165, 1.54) is 23.1 Å². The maximum atomic E-state index is 13.3. The Balaban J connectivity index is 1.21. The number of nitrogens with zero attached hydrogens (tertiary/aromatic N) is 1. The van der Waals surface area contributed by atoms with E-state index in [1.54, 1.807) is 66.7 Å². The van der Waals surface area contributed by atoms with E-state index in [4.69, 9.17) is 23.2 Å². The molecule has 0 atom stereocenters. The molecule has 7 nitrogen and oxygen atoms in total. The number of aromatic nitrogens is 1. The van der Waals surface area contributed by atoms with Crippen LogP contribution in [0.1, 0.15) is 15.9 Å². The van der Waals surface area contributed by atoms with Crippen LogP contribution in [-0.2, 0) is 9.59 Å². The summed E-state index contributed by atoms with van der Waals surface area (Å²) in [5.41, 5.74) is 3.15. The highest BCUT2D eigenvalue weighted by Crippen LogP contribution is 2.32. The number of carbonyl (C=O) groups excluding carboxylic acids is 3. The summed E-state index contributed by atoms with van der Waals surface area (Å²) in [4.78, 5) is 44.1. The van der Waals surface area contributed by atoms with Crippen LogP contribution in [0.25, 0.3) is 17.3 Å². The first-order chi connectivity index (χ1) is 21.3. The molecule has 0 saturated heterocycles. The molecule has 0 aliphatic carbocycles. The van der Waals surface area contributed by atoms with Gasteiger partial charge in [-0.3, -0.25) is 14.4 Å². The molecule has 5 rings (SSSR count). The Bertz CT molecular complexity index is 1830. The quantitative estimate of drug-likeness (QED) is 0.104. The fourth-order valence-electron chi connectivity index (χ4n) is 3.98. The molecule has 3 amide bonds. The molecule has 11 heteroatoms. The van der Waals surface area contributed by atoms with Crippen LogP contribution in [-0.4, -0.2) is 28.5 Å². The fraction of sp³-hybridized carbons (Fsp3) is 0.0303. The molecule has 0 bridgehead atoms. The number of hydrogen-bond acceptors (Lipinski definition) is 6. The molecule has 5 aromatic rings. The number of amides is 3. The van der Waals surface area contributed by atoms with Gasteiger partial charge in [0.15, 0.2) is 5.13 Å². The van der Waals surface area contributed by atoms with Crippen molar-refractivity contribution >= 4 is 80.9 Å². The maximum absolute atomic E-state index is 13.3. The predicted octanol–water partition coefficient (Wildman–Crippen LogP) is 8.26. The number of hydrogen-bond donors (Lipinski definition) is 3. The van der Waals surface area contributed by atoms with Gasteiger partial charge in [-0.1, -0.05) is 77.8 Å². The molecule has 0 aliphatic rings. The van der Waals surface area contributed by atoms with Gasteiger partial charge in [-0.05, 0) is 60.2 Å². The van der Waals surface area contributed by atoms with Gasteiger partial charge in [0, 0.05) is 32.1 Å². The van der Waals surface area contributed by atoms with Crippen molar-refractivity contribution in [3.63, 3.8) is 0 Å². The number of carbonyl (C=O) groups is 3. The average Bonchev–Trinajstić information content (AvgIpc) is 3.48. The van der Waals surface area contributed by atoms with E-state index in [-0.39, 0.29) is 17.4 Å². The topological polar surface area (TPSA) is 100 Å². The minimum absolute atomic E-state index is 0.0881. The zero-order chi connectivity index (χ0) is 30.9. The molecule has 44 heavy (non-hydrogen) atoms. The minimum atomic E-state index is -0.488. The Hall–Kier alpha value is -4.41. The van der Waals surface area contributed by atoms with Gasteiger partial charge in [-0.2, -0.15) is 0 Å². The van der Waals surface area contributed by atoms with Crippen molar-refractivity contribution in [1.29, 1.82) is 0 Å². The van der Waals surface area contributed by atoms with Crippen molar-refractivity contribution in [2.24, 2.45) is 0 Å². The summed E-state index contributed by atoms with van der Waals surface area (Å²) in [6.07, 6.45) is 1.62. The molecular weight excluding hydrogens is 635 g/mol. The molecule has 0 aliphatic heterocycles. The van der Waals surface area contributed by atoms with Crippen molar-refractivity contribution in [3.05, 3.63) is 135 Å². The number of rotatable bonds is 10. The van der Waals surface area contributed by atoms with E-state index in [0.717, 1.165) is 16.0 Å². The first kappa shape index (κ1) is 31.0. The van der Waals surface area contributed by atoms with E-state index in [1.807, 2.05) is 47.8 Å². The summed E-state index contributed by atoms with van der Waals surface area (Å²) < 4.78 is 0. The number of nitrogens with one attached hydrogen (secondary N) is 3. The van der Waals surface area contributed by atoms with Crippen LogP contribution in [0.5, 0.6) is 0 Å². The Labute approximate surface area is 272 Å². The molecule has 0 radical (unpaired) electrons. The Morgan fingerprint density at radius 2 is 1.59 bits per heavy atom. The second kappa shape index (κ2) is 14.9. The lowest BCUT2D eigenvalue weighted by molar-refractivity contribution is -0.114. The van der Waals surface area contributed by atoms with Crippen LogP contribution in [0.3, 0.4) is 0 Å². The average molecular weight is 660 g/mol. The molecule has 0 fully saturated rings. The first-order valence-corrected chi connectivity index (χ1v) is 15.8. The van der Waals surface area contributed by atoms with Gasteiger partial charge in [0.2, 0.25) is 5.91 Å². The van der Waals surface area contributed by atoms with E-state index < -0.39 is 11.8 Å². The van der Waals surface area contributed by atoms with E-state index in [9.17, 15) is 14.4 Å².